The van der Waals surface area contributed by atoms with Crippen molar-refractivity contribution in [2.45, 2.75) is 51.8 Å². The van der Waals surface area contributed by atoms with Crippen molar-refractivity contribution < 1.29 is 24.2 Å². The van der Waals surface area contributed by atoms with Crippen LogP contribution in [0.4, 0.5) is 4.79 Å². The Bertz CT molecular complexity index is 632. The van der Waals surface area contributed by atoms with Crippen molar-refractivity contribution in [2.24, 2.45) is 5.92 Å². The highest BCUT2D eigenvalue weighted by Gasteiger charge is 2.37. The molecule has 0 aromatic heterocycles. The van der Waals surface area contributed by atoms with Crippen LogP contribution in [-0.2, 0) is 20.9 Å². The van der Waals surface area contributed by atoms with Crippen LogP contribution in [0.5, 0.6) is 0 Å². The van der Waals surface area contributed by atoms with Gasteiger partial charge in [-0.15, -0.1) is 0 Å². The van der Waals surface area contributed by atoms with E-state index in [1.165, 1.54) is 4.90 Å². The van der Waals surface area contributed by atoms with Crippen LogP contribution < -0.4 is 5.32 Å². The zero-order valence-electron chi connectivity index (χ0n) is 15.2. The molecule has 1 aliphatic rings. The van der Waals surface area contributed by atoms with Gasteiger partial charge in [0.15, 0.2) is 0 Å². The minimum absolute atomic E-state index is 0.108. The van der Waals surface area contributed by atoms with Gasteiger partial charge in [-0.2, -0.15) is 0 Å². The quantitative estimate of drug-likeness (QED) is 0.776. The van der Waals surface area contributed by atoms with Gasteiger partial charge in [0, 0.05) is 6.54 Å². The lowest BCUT2D eigenvalue weighted by molar-refractivity contribution is -0.149. The lowest BCUT2D eigenvalue weighted by Gasteiger charge is -2.28. The first kappa shape index (κ1) is 19.8. The highest BCUT2D eigenvalue weighted by atomic mass is 16.5. The zero-order valence-corrected chi connectivity index (χ0v) is 15.2. The first-order valence-corrected chi connectivity index (χ1v) is 8.89. The molecule has 26 heavy (non-hydrogen) atoms. The van der Waals surface area contributed by atoms with Crippen LogP contribution >= 0.6 is 0 Å². The van der Waals surface area contributed by atoms with Crippen LogP contribution in [0, 0.1) is 5.92 Å². The molecule has 1 aliphatic heterocycles. The van der Waals surface area contributed by atoms with Crippen LogP contribution in [0.3, 0.4) is 0 Å². The number of benzene rings is 1. The summed E-state index contributed by atoms with van der Waals surface area (Å²) < 4.78 is 5.19. The predicted molar refractivity (Wildman–Crippen MR) is 95.4 cm³/mol. The van der Waals surface area contributed by atoms with E-state index in [0.29, 0.717) is 25.8 Å². The van der Waals surface area contributed by atoms with Crippen molar-refractivity contribution in [3.05, 3.63) is 35.9 Å². The Balaban J connectivity index is 1.98. The van der Waals surface area contributed by atoms with Gasteiger partial charge in [-0.1, -0.05) is 44.2 Å². The molecule has 0 bridgehead atoms. The first-order valence-electron chi connectivity index (χ1n) is 8.89. The van der Waals surface area contributed by atoms with E-state index in [-0.39, 0.29) is 18.4 Å². The maximum Gasteiger partial charge on any atom is 0.408 e. The molecule has 7 heteroatoms. The lowest BCUT2D eigenvalue weighted by atomic mass is 10.0. The molecule has 142 valence electrons. The van der Waals surface area contributed by atoms with Crippen molar-refractivity contribution in [2.75, 3.05) is 6.54 Å². The minimum atomic E-state index is -1.01. The number of ether oxygens (including phenoxy) is 1. The fourth-order valence-corrected chi connectivity index (χ4v) is 3.09. The van der Waals surface area contributed by atoms with E-state index in [2.05, 4.69) is 5.32 Å². The maximum atomic E-state index is 12.8. The summed E-state index contributed by atoms with van der Waals surface area (Å²) in [5.41, 5.74) is 0.847. The molecular formula is C19H26N2O5. The molecule has 1 unspecified atom stereocenters. The number of carbonyl (C=O) groups is 3. The summed E-state index contributed by atoms with van der Waals surface area (Å²) in [7, 11) is 0. The number of aliphatic carboxylic acids is 1. The number of amides is 2. The topological polar surface area (TPSA) is 95.9 Å². The average molecular weight is 362 g/mol. The molecular weight excluding hydrogens is 336 g/mol. The average Bonchev–Trinajstić information content (AvgIpc) is 3.09. The Labute approximate surface area is 153 Å². The number of rotatable bonds is 7. The molecule has 7 nitrogen and oxygen atoms in total. The second-order valence-electron chi connectivity index (χ2n) is 6.92. The molecule has 1 saturated heterocycles. The number of nitrogens with zero attached hydrogens (tertiary/aromatic N) is 1. The fraction of sp³-hybridized carbons (Fsp3) is 0.526. The minimum Gasteiger partial charge on any atom is -0.480 e. The third-order valence-corrected chi connectivity index (χ3v) is 4.33. The number of carbonyl (C=O) groups excluding carboxylic acids is 2. The summed E-state index contributed by atoms with van der Waals surface area (Å²) in [5, 5.41) is 11.9. The van der Waals surface area contributed by atoms with Gasteiger partial charge in [0.05, 0.1) is 0 Å². The van der Waals surface area contributed by atoms with E-state index in [4.69, 9.17) is 4.74 Å². The second-order valence-corrected chi connectivity index (χ2v) is 6.92. The fourth-order valence-electron chi connectivity index (χ4n) is 3.09. The van der Waals surface area contributed by atoms with Crippen LogP contribution in [0.15, 0.2) is 30.3 Å². The Morgan fingerprint density at radius 1 is 1.27 bits per heavy atom. The van der Waals surface area contributed by atoms with Crippen molar-refractivity contribution in [3.63, 3.8) is 0 Å². The molecule has 2 rings (SSSR count). The third-order valence-electron chi connectivity index (χ3n) is 4.33. The predicted octanol–water partition coefficient (Wildman–Crippen LogP) is 2.40. The first-order chi connectivity index (χ1) is 12.4. The Morgan fingerprint density at radius 2 is 1.96 bits per heavy atom. The SMILES string of the molecule is CC(C)CC(NC(=O)OCc1ccccc1)C(=O)N1CCC[C@H]1C(=O)O. The molecule has 2 N–H and O–H groups in total. The molecule has 0 spiro atoms. The molecule has 1 aromatic carbocycles. The van der Waals surface area contributed by atoms with Gasteiger partial charge >= 0.3 is 12.1 Å². The number of likely N-dealkylation sites (tertiary alicyclic amines) is 1. The van der Waals surface area contributed by atoms with E-state index in [0.717, 1.165) is 5.56 Å². The van der Waals surface area contributed by atoms with E-state index < -0.39 is 24.1 Å². The molecule has 2 amide bonds. The maximum absolute atomic E-state index is 12.8. The lowest BCUT2D eigenvalue weighted by Crippen LogP contribution is -2.52. The molecule has 0 aliphatic carbocycles. The summed E-state index contributed by atoms with van der Waals surface area (Å²) in [6.45, 7) is 4.38. The van der Waals surface area contributed by atoms with Crippen LogP contribution in [0.25, 0.3) is 0 Å². The van der Waals surface area contributed by atoms with Gasteiger partial charge in [0.2, 0.25) is 5.91 Å². The third kappa shape index (κ3) is 5.47. The van der Waals surface area contributed by atoms with E-state index in [1.807, 2.05) is 44.2 Å². The molecule has 0 radical (unpaired) electrons. The van der Waals surface area contributed by atoms with Gasteiger partial charge in [-0.25, -0.2) is 9.59 Å². The number of hydrogen-bond donors (Lipinski definition) is 2. The summed E-state index contributed by atoms with van der Waals surface area (Å²) in [6, 6.07) is 7.63. The number of hydrogen-bond acceptors (Lipinski definition) is 4. The molecule has 1 heterocycles. The largest absolute Gasteiger partial charge is 0.480 e. The van der Waals surface area contributed by atoms with Gasteiger partial charge in [0.25, 0.3) is 0 Å². The molecule has 1 fully saturated rings. The summed E-state index contributed by atoms with van der Waals surface area (Å²) in [6.07, 6.45) is 0.824. The number of nitrogens with one attached hydrogen (secondary N) is 1. The Hall–Kier alpha value is -2.57. The number of carboxylic acid groups (broad SMARTS) is 1. The molecule has 0 saturated carbocycles. The van der Waals surface area contributed by atoms with E-state index in [1.54, 1.807) is 0 Å². The van der Waals surface area contributed by atoms with Crippen molar-refractivity contribution >= 4 is 18.0 Å². The van der Waals surface area contributed by atoms with Gasteiger partial charge in [0.1, 0.15) is 18.7 Å². The highest BCUT2D eigenvalue weighted by molar-refractivity contribution is 5.89. The van der Waals surface area contributed by atoms with E-state index >= 15 is 0 Å². The second kappa shape index (κ2) is 9.22. The standard InChI is InChI=1S/C19H26N2O5/c1-13(2)11-15(17(22)21-10-6-9-16(21)18(23)24)20-19(25)26-12-14-7-4-3-5-8-14/h3-5,7-8,13,15-16H,6,9-12H2,1-2H3,(H,20,25)(H,23,24)/t15?,16-/m0/s1. The normalized spacial score (nSPS) is 17.8. The number of carboxylic acids is 1. The zero-order chi connectivity index (χ0) is 19.1. The summed E-state index contributed by atoms with van der Waals surface area (Å²) in [4.78, 5) is 37.6. The molecule has 1 aromatic rings. The highest BCUT2D eigenvalue weighted by Crippen LogP contribution is 2.20. The Kier molecular flexibility index (Phi) is 7.00. The van der Waals surface area contributed by atoms with Crippen molar-refractivity contribution in [3.8, 4) is 0 Å². The Morgan fingerprint density at radius 3 is 2.58 bits per heavy atom. The van der Waals surface area contributed by atoms with Crippen molar-refractivity contribution in [1.82, 2.24) is 10.2 Å². The van der Waals surface area contributed by atoms with Crippen LogP contribution in [-0.4, -0.2) is 46.6 Å². The summed E-state index contributed by atoms with van der Waals surface area (Å²) >= 11 is 0. The van der Waals surface area contributed by atoms with Crippen LogP contribution in [0.2, 0.25) is 0 Å². The van der Waals surface area contributed by atoms with Gasteiger partial charge in [-0.05, 0) is 30.7 Å². The number of alkyl carbamates (subject to hydrolysis) is 1. The summed E-state index contributed by atoms with van der Waals surface area (Å²) in [5.74, 6) is -1.21. The monoisotopic (exact) mass is 362 g/mol. The molecule has 2 atom stereocenters. The van der Waals surface area contributed by atoms with Gasteiger partial charge in [-0.3, -0.25) is 4.79 Å². The van der Waals surface area contributed by atoms with Crippen molar-refractivity contribution in [1.29, 1.82) is 0 Å². The van der Waals surface area contributed by atoms with E-state index in [9.17, 15) is 19.5 Å². The smallest absolute Gasteiger partial charge is 0.408 e. The van der Waals surface area contributed by atoms with Gasteiger partial charge < -0.3 is 20.1 Å². The van der Waals surface area contributed by atoms with Crippen LogP contribution in [0.1, 0.15) is 38.7 Å².